The van der Waals surface area contributed by atoms with Gasteiger partial charge in [0.15, 0.2) is 0 Å². The summed E-state index contributed by atoms with van der Waals surface area (Å²) in [5, 5.41) is 14.8. The SMILES string of the molecule is CC1(NC(=O)c2cc(Nc3ccc(F)cc3)c(C(=N)c3cncc(OC(F)F)c3)cn2)CCSC1. The number of ether oxygens (including phenoxy) is 1. The van der Waals surface area contributed by atoms with Gasteiger partial charge in [0, 0.05) is 40.5 Å². The van der Waals surface area contributed by atoms with Crippen LogP contribution in [0.3, 0.4) is 0 Å². The molecule has 182 valence electrons. The van der Waals surface area contributed by atoms with E-state index >= 15 is 0 Å². The molecule has 7 nitrogen and oxygen atoms in total. The highest BCUT2D eigenvalue weighted by Crippen LogP contribution is 2.29. The van der Waals surface area contributed by atoms with Crippen molar-refractivity contribution in [3.8, 4) is 5.75 Å². The predicted molar refractivity (Wildman–Crippen MR) is 129 cm³/mol. The molecule has 3 N–H and O–H groups in total. The number of benzene rings is 1. The summed E-state index contributed by atoms with van der Waals surface area (Å²) in [7, 11) is 0. The lowest BCUT2D eigenvalue weighted by atomic mass is 10.0. The van der Waals surface area contributed by atoms with Crippen molar-refractivity contribution in [1.82, 2.24) is 15.3 Å². The first-order valence-electron chi connectivity index (χ1n) is 10.6. The van der Waals surface area contributed by atoms with E-state index in [0.29, 0.717) is 11.4 Å². The molecule has 1 amide bonds. The average molecular weight is 502 g/mol. The van der Waals surface area contributed by atoms with Crippen molar-refractivity contribution >= 4 is 34.8 Å². The molecular formula is C24H22F3N5O2S. The van der Waals surface area contributed by atoms with Crippen molar-refractivity contribution in [3.05, 3.63) is 77.6 Å². The van der Waals surface area contributed by atoms with E-state index in [4.69, 9.17) is 5.41 Å². The van der Waals surface area contributed by atoms with Crippen LogP contribution in [0.5, 0.6) is 5.75 Å². The Balaban J connectivity index is 1.68. The van der Waals surface area contributed by atoms with Gasteiger partial charge in [-0.15, -0.1) is 0 Å². The van der Waals surface area contributed by atoms with Gasteiger partial charge in [0.2, 0.25) is 0 Å². The Hall–Kier alpha value is -3.60. The molecule has 1 aliphatic heterocycles. The molecule has 35 heavy (non-hydrogen) atoms. The van der Waals surface area contributed by atoms with Crippen LogP contribution in [0.15, 0.2) is 55.0 Å². The number of hydrogen-bond acceptors (Lipinski definition) is 7. The van der Waals surface area contributed by atoms with E-state index in [1.165, 1.54) is 48.8 Å². The van der Waals surface area contributed by atoms with Crippen LogP contribution < -0.4 is 15.4 Å². The largest absolute Gasteiger partial charge is 0.433 e. The fourth-order valence-corrected chi connectivity index (χ4v) is 4.96. The van der Waals surface area contributed by atoms with Crippen molar-refractivity contribution in [2.24, 2.45) is 0 Å². The Labute approximate surface area is 204 Å². The van der Waals surface area contributed by atoms with Gasteiger partial charge in [0.25, 0.3) is 5.91 Å². The molecule has 3 heterocycles. The molecule has 1 saturated heterocycles. The number of nitrogens with one attached hydrogen (secondary N) is 3. The summed E-state index contributed by atoms with van der Waals surface area (Å²) >= 11 is 1.76. The zero-order valence-corrected chi connectivity index (χ0v) is 19.5. The second-order valence-electron chi connectivity index (χ2n) is 8.23. The quantitative estimate of drug-likeness (QED) is 0.376. The third-order valence-electron chi connectivity index (χ3n) is 5.39. The molecule has 4 rings (SSSR count). The number of hydrogen-bond donors (Lipinski definition) is 3. The van der Waals surface area contributed by atoms with E-state index in [2.05, 4.69) is 25.3 Å². The highest BCUT2D eigenvalue weighted by atomic mass is 32.2. The molecule has 1 fully saturated rings. The number of halogens is 3. The zero-order valence-electron chi connectivity index (χ0n) is 18.6. The molecule has 0 spiro atoms. The van der Waals surface area contributed by atoms with Gasteiger partial charge in [0.1, 0.15) is 17.3 Å². The van der Waals surface area contributed by atoms with Crippen LogP contribution in [-0.4, -0.2) is 45.2 Å². The molecule has 1 atom stereocenters. The number of amides is 1. The van der Waals surface area contributed by atoms with Gasteiger partial charge in [-0.3, -0.25) is 20.2 Å². The average Bonchev–Trinajstić information content (AvgIpc) is 3.25. The summed E-state index contributed by atoms with van der Waals surface area (Å²) in [5.74, 6) is 0.792. The lowest BCUT2D eigenvalue weighted by molar-refractivity contribution is -0.0500. The number of rotatable bonds is 8. The van der Waals surface area contributed by atoms with Gasteiger partial charge >= 0.3 is 6.61 Å². The van der Waals surface area contributed by atoms with Crippen LogP contribution in [0.25, 0.3) is 0 Å². The van der Waals surface area contributed by atoms with Crippen molar-refractivity contribution < 1.29 is 22.7 Å². The first-order chi connectivity index (χ1) is 16.7. The summed E-state index contributed by atoms with van der Waals surface area (Å²) < 4.78 is 43.0. The number of carbonyl (C=O) groups excluding carboxylic acids is 1. The second-order valence-corrected chi connectivity index (χ2v) is 9.33. The van der Waals surface area contributed by atoms with Gasteiger partial charge < -0.3 is 15.4 Å². The van der Waals surface area contributed by atoms with E-state index < -0.39 is 12.4 Å². The lowest BCUT2D eigenvalue weighted by Crippen LogP contribution is -2.46. The first kappa shape index (κ1) is 24.5. The molecule has 0 aliphatic carbocycles. The van der Waals surface area contributed by atoms with Gasteiger partial charge in [-0.2, -0.15) is 20.5 Å². The number of aromatic nitrogens is 2. The normalized spacial score (nSPS) is 17.3. The van der Waals surface area contributed by atoms with Crippen LogP contribution in [0, 0.1) is 11.2 Å². The zero-order chi connectivity index (χ0) is 25.0. The van der Waals surface area contributed by atoms with E-state index in [1.807, 2.05) is 6.92 Å². The Bertz CT molecular complexity index is 1230. The number of nitrogens with zero attached hydrogens (tertiary/aromatic N) is 2. The van der Waals surface area contributed by atoms with Gasteiger partial charge in [-0.05, 0) is 55.5 Å². The molecule has 3 aromatic rings. The minimum atomic E-state index is -3.03. The number of alkyl halides is 2. The summed E-state index contributed by atoms with van der Waals surface area (Å²) in [6.07, 6.45) is 4.65. The smallest absolute Gasteiger partial charge is 0.387 e. The monoisotopic (exact) mass is 501 g/mol. The highest BCUT2D eigenvalue weighted by Gasteiger charge is 2.31. The molecule has 0 bridgehead atoms. The fraction of sp³-hybridized carbons (Fsp3) is 0.250. The Morgan fingerprint density at radius 3 is 2.66 bits per heavy atom. The minimum absolute atomic E-state index is 0.0829. The van der Waals surface area contributed by atoms with Crippen molar-refractivity contribution in [1.29, 1.82) is 5.41 Å². The minimum Gasteiger partial charge on any atom is -0.433 e. The molecule has 1 aromatic carbocycles. The van der Waals surface area contributed by atoms with Crippen LogP contribution in [0.1, 0.15) is 35.0 Å². The fourth-order valence-electron chi connectivity index (χ4n) is 3.55. The van der Waals surface area contributed by atoms with Crippen molar-refractivity contribution in [2.45, 2.75) is 25.5 Å². The van der Waals surface area contributed by atoms with E-state index in [-0.39, 0.29) is 39.7 Å². The number of anilines is 2. The lowest BCUT2D eigenvalue weighted by Gasteiger charge is -2.24. The summed E-state index contributed by atoms with van der Waals surface area (Å²) in [5.41, 5.74) is 1.08. The van der Waals surface area contributed by atoms with Gasteiger partial charge in [0.05, 0.1) is 17.6 Å². The summed E-state index contributed by atoms with van der Waals surface area (Å²) in [6.45, 7) is -1.05. The van der Waals surface area contributed by atoms with Crippen LogP contribution in [-0.2, 0) is 0 Å². The Morgan fingerprint density at radius 1 is 1.20 bits per heavy atom. The van der Waals surface area contributed by atoms with Gasteiger partial charge in [-0.25, -0.2) is 4.39 Å². The number of thioether (sulfide) groups is 1. The van der Waals surface area contributed by atoms with Crippen LogP contribution >= 0.6 is 11.8 Å². The van der Waals surface area contributed by atoms with E-state index in [1.54, 1.807) is 11.8 Å². The molecule has 11 heteroatoms. The second kappa shape index (κ2) is 10.3. The topological polar surface area (TPSA) is 100.0 Å². The third kappa shape index (κ3) is 6.10. The van der Waals surface area contributed by atoms with Crippen molar-refractivity contribution in [3.63, 3.8) is 0 Å². The number of pyridine rings is 2. The predicted octanol–water partition coefficient (Wildman–Crippen LogP) is 5.00. The molecule has 0 saturated carbocycles. The maximum atomic E-state index is 13.4. The molecule has 2 aromatic heterocycles. The maximum absolute atomic E-state index is 13.4. The van der Waals surface area contributed by atoms with E-state index in [0.717, 1.165) is 24.1 Å². The molecule has 1 unspecified atom stereocenters. The summed E-state index contributed by atoms with van der Waals surface area (Å²) in [6, 6.07) is 8.34. The van der Waals surface area contributed by atoms with Gasteiger partial charge in [-0.1, -0.05) is 0 Å². The molecular weight excluding hydrogens is 479 g/mol. The Kier molecular flexibility index (Phi) is 7.25. The molecule has 1 aliphatic rings. The van der Waals surface area contributed by atoms with Crippen molar-refractivity contribution in [2.75, 3.05) is 16.8 Å². The highest BCUT2D eigenvalue weighted by molar-refractivity contribution is 7.99. The van der Waals surface area contributed by atoms with Crippen LogP contribution in [0.4, 0.5) is 24.5 Å². The first-order valence-corrected chi connectivity index (χ1v) is 11.8. The summed E-state index contributed by atoms with van der Waals surface area (Å²) in [4.78, 5) is 21.1. The van der Waals surface area contributed by atoms with E-state index in [9.17, 15) is 18.0 Å². The number of carbonyl (C=O) groups is 1. The molecule has 0 radical (unpaired) electrons. The standard InChI is InChI=1S/C24H22F3N5O2S/c1-24(6-7-35-13-24)32-22(33)20-9-19(31-16-4-2-15(25)3-5-16)18(12-30-20)21(28)14-8-17(11-29-10-14)34-23(26)27/h2-5,8-12,23,28H,6-7,13H2,1H3,(H,30,31)(H,32,33). The Morgan fingerprint density at radius 2 is 1.97 bits per heavy atom. The third-order valence-corrected chi connectivity index (χ3v) is 6.72. The maximum Gasteiger partial charge on any atom is 0.387 e. The van der Waals surface area contributed by atoms with Crippen LogP contribution in [0.2, 0.25) is 0 Å².